The number of benzene rings is 2. The molecule has 0 spiro atoms. The van der Waals surface area contributed by atoms with Crippen LogP contribution in [-0.2, 0) is 0 Å². The van der Waals surface area contributed by atoms with Gasteiger partial charge in [-0.05, 0) is 30.2 Å². The standard InChI is InChI=1S/C22H19BrClF3N4O/c1-12(13-5-3-2-4-6-13)28-21(32)19-18(24)20-29-16(14-7-9-15(23)10-8-14)11-17(22(25,26)27)31(20)30-19/h2-10,12,16-17,29H,11H2,1H3,(H,28,32)/t12-,16-,17+/m0/s1. The van der Waals surface area contributed by atoms with Gasteiger partial charge in [-0.1, -0.05) is 70.0 Å². The highest BCUT2D eigenvalue weighted by atomic mass is 79.9. The van der Waals surface area contributed by atoms with Crippen LogP contribution in [0.1, 0.15) is 53.1 Å². The van der Waals surface area contributed by atoms with Gasteiger partial charge in [0.1, 0.15) is 10.8 Å². The zero-order chi connectivity index (χ0) is 23.0. The Labute approximate surface area is 196 Å². The van der Waals surface area contributed by atoms with Crippen LogP contribution in [0.4, 0.5) is 19.0 Å². The molecule has 2 aromatic carbocycles. The minimum Gasteiger partial charge on any atom is -0.362 e. The number of alkyl halides is 3. The van der Waals surface area contributed by atoms with Crippen molar-refractivity contribution in [2.45, 2.75) is 37.6 Å². The molecule has 168 valence electrons. The molecule has 3 atom stereocenters. The van der Waals surface area contributed by atoms with Gasteiger partial charge in [-0.25, -0.2) is 4.68 Å². The molecule has 0 fully saturated rings. The Balaban J connectivity index is 1.66. The number of carbonyl (C=O) groups excluding carboxylic acids is 1. The van der Waals surface area contributed by atoms with Crippen molar-refractivity contribution >= 4 is 39.3 Å². The summed E-state index contributed by atoms with van der Waals surface area (Å²) in [4.78, 5) is 12.8. The Morgan fingerprint density at radius 1 is 1.22 bits per heavy atom. The maximum Gasteiger partial charge on any atom is 0.410 e. The van der Waals surface area contributed by atoms with E-state index < -0.39 is 24.2 Å². The van der Waals surface area contributed by atoms with Gasteiger partial charge < -0.3 is 10.6 Å². The minimum absolute atomic E-state index is 0.0225. The lowest BCUT2D eigenvalue weighted by Crippen LogP contribution is -2.36. The van der Waals surface area contributed by atoms with Gasteiger partial charge in [-0.15, -0.1) is 0 Å². The fourth-order valence-electron chi connectivity index (χ4n) is 3.74. The number of halogens is 5. The Morgan fingerprint density at radius 3 is 2.50 bits per heavy atom. The number of amides is 1. The van der Waals surface area contributed by atoms with E-state index >= 15 is 0 Å². The summed E-state index contributed by atoms with van der Waals surface area (Å²) >= 11 is 9.70. The maximum atomic E-state index is 13.9. The molecule has 1 aromatic heterocycles. The number of aromatic nitrogens is 2. The molecule has 0 saturated heterocycles. The van der Waals surface area contributed by atoms with Gasteiger partial charge in [0, 0.05) is 10.9 Å². The van der Waals surface area contributed by atoms with Gasteiger partial charge in [-0.3, -0.25) is 4.79 Å². The quantitative estimate of drug-likeness (QED) is 0.410. The fraction of sp³-hybridized carbons (Fsp3) is 0.273. The average Bonchev–Trinajstić information content (AvgIpc) is 3.10. The number of nitrogens with zero attached hydrogens (tertiary/aromatic N) is 2. The third-order valence-corrected chi connectivity index (χ3v) is 6.32. The molecule has 1 aliphatic rings. The monoisotopic (exact) mass is 526 g/mol. The number of anilines is 1. The van der Waals surface area contributed by atoms with E-state index in [1.165, 1.54) is 0 Å². The summed E-state index contributed by atoms with van der Waals surface area (Å²) in [5, 5.41) is 9.62. The summed E-state index contributed by atoms with van der Waals surface area (Å²) in [6.07, 6.45) is -4.84. The second-order valence-electron chi connectivity index (χ2n) is 7.60. The largest absolute Gasteiger partial charge is 0.410 e. The van der Waals surface area contributed by atoms with Crippen LogP contribution < -0.4 is 10.6 Å². The zero-order valence-electron chi connectivity index (χ0n) is 16.8. The third-order valence-electron chi connectivity index (χ3n) is 5.43. The lowest BCUT2D eigenvalue weighted by Gasteiger charge is -2.33. The van der Waals surface area contributed by atoms with Crippen LogP contribution in [-0.4, -0.2) is 21.9 Å². The van der Waals surface area contributed by atoms with E-state index in [4.69, 9.17) is 11.6 Å². The molecule has 0 radical (unpaired) electrons. The fourth-order valence-corrected chi connectivity index (χ4v) is 4.27. The molecule has 1 amide bonds. The van der Waals surface area contributed by atoms with Crippen molar-refractivity contribution in [2.75, 3.05) is 5.32 Å². The minimum atomic E-state index is -4.56. The van der Waals surface area contributed by atoms with E-state index in [1.54, 1.807) is 31.2 Å². The van der Waals surface area contributed by atoms with Crippen molar-refractivity contribution in [2.24, 2.45) is 0 Å². The SMILES string of the molecule is C[C@H](NC(=O)c1nn2c(c1Cl)N[C@H](c1ccc(Br)cc1)C[C@@H]2C(F)(F)F)c1ccccc1. The van der Waals surface area contributed by atoms with E-state index in [0.717, 1.165) is 14.7 Å². The van der Waals surface area contributed by atoms with Crippen molar-refractivity contribution in [1.82, 2.24) is 15.1 Å². The van der Waals surface area contributed by atoms with Gasteiger partial charge >= 0.3 is 6.18 Å². The molecule has 0 aliphatic carbocycles. The molecule has 4 rings (SSSR count). The van der Waals surface area contributed by atoms with Crippen LogP contribution in [0, 0.1) is 0 Å². The molecule has 1 aliphatic heterocycles. The highest BCUT2D eigenvalue weighted by Gasteiger charge is 2.47. The summed E-state index contributed by atoms with van der Waals surface area (Å²) in [6.45, 7) is 1.78. The number of hydrogen-bond donors (Lipinski definition) is 2. The number of carbonyl (C=O) groups is 1. The smallest absolute Gasteiger partial charge is 0.362 e. The predicted molar refractivity (Wildman–Crippen MR) is 120 cm³/mol. The van der Waals surface area contributed by atoms with E-state index in [1.807, 2.05) is 30.3 Å². The van der Waals surface area contributed by atoms with Gasteiger partial charge in [-0.2, -0.15) is 18.3 Å². The van der Waals surface area contributed by atoms with Crippen LogP contribution in [0.2, 0.25) is 5.02 Å². The van der Waals surface area contributed by atoms with Crippen molar-refractivity contribution in [1.29, 1.82) is 0 Å². The van der Waals surface area contributed by atoms with Crippen LogP contribution >= 0.6 is 27.5 Å². The lowest BCUT2D eigenvalue weighted by atomic mass is 9.97. The summed E-state index contributed by atoms with van der Waals surface area (Å²) in [7, 11) is 0. The third kappa shape index (κ3) is 4.49. The second-order valence-corrected chi connectivity index (χ2v) is 8.90. The molecule has 32 heavy (non-hydrogen) atoms. The molecular weight excluding hydrogens is 509 g/mol. The normalized spacial score (nSPS) is 19.1. The summed E-state index contributed by atoms with van der Waals surface area (Å²) in [6, 6.07) is 13.3. The van der Waals surface area contributed by atoms with Gasteiger partial charge in [0.2, 0.25) is 0 Å². The Bertz CT molecular complexity index is 1120. The first-order valence-electron chi connectivity index (χ1n) is 9.87. The van der Waals surface area contributed by atoms with E-state index in [0.29, 0.717) is 5.56 Å². The number of rotatable bonds is 4. The van der Waals surface area contributed by atoms with Gasteiger partial charge in [0.25, 0.3) is 5.91 Å². The summed E-state index contributed by atoms with van der Waals surface area (Å²) in [5.74, 6) is -0.665. The van der Waals surface area contributed by atoms with Crippen LogP contribution in [0.5, 0.6) is 0 Å². The summed E-state index contributed by atoms with van der Waals surface area (Å²) < 4.78 is 43.3. The van der Waals surface area contributed by atoms with E-state index in [-0.39, 0.29) is 29.0 Å². The number of fused-ring (bicyclic) bond motifs is 1. The number of nitrogens with one attached hydrogen (secondary N) is 2. The molecule has 3 aromatic rings. The summed E-state index contributed by atoms with van der Waals surface area (Å²) in [5.41, 5.74) is 1.28. The van der Waals surface area contributed by atoms with Crippen LogP contribution in [0.25, 0.3) is 0 Å². The molecule has 5 nitrogen and oxygen atoms in total. The molecule has 0 bridgehead atoms. The van der Waals surface area contributed by atoms with Crippen LogP contribution in [0.15, 0.2) is 59.1 Å². The van der Waals surface area contributed by atoms with E-state index in [9.17, 15) is 18.0 Å². The molecule has 0 saturated carbocycles. The first-order valence-corrected chi connectivity index (χ1v) is 11.0. The molecule has 0 unspecified atom stereocenters. The second kappa shape index (κ2) is 8.78. The van der Waals surface area contributed by atoms with Crippen molar-refractivity contribution in [3.8, 4) is 0 Å². The van der Waals surface area contributed by atoms with Crippen molar-refractivity contribution < 1.29 is 18.0 Å². The van der Waals surface area contributed by atoms with E-state index in [2.05, 4.69) is 31.7 Å². The van der Waals surface area contributed by atoms with Crippen LogP contribution in [0.3, 0.4) is 0 Å². The van der Waals surface area contributed by atoms with Gasteiger partial charge in [0.15, 0.2) is 11.7 Å². The van der Waals surface area contributed by atoms with Crippen molar-refractivity contribution in [3.63, 3.8) is 0 Å². The predicted octanol–water partition coefficient (Wildman–Crippen LogP) is 6.45. The van der Waals surface area contributed by atoms with Gasteiger partial charge in [0.05, 0.1) is 12.1 Å². The Hall–Kier alpha value is -2.52. The zero-order valence-corrected chi connectivity index (χ0v) is 19.2. The molecule has 2 heterocycles. The van der Waals surface area contributed by atoms with Crippen molar-refractivity contribution in [3.05, 3.63) is 80.9 Å². The lowest BCUT2D eigenvalue weighted by molar-refractivity contribution is -0.173. The number of hydrogen-bond acceptors (Lipinski definition) is 3. The maximum absolute atomic E-state index is 13.9. The first kappa shape index (κ1) is 22.7. The Morgan fingerprint density at radius 2 is 1.88 bits per heavy atom. The molecule has 2 N–H and O–H groups in total. The first-order chi connectivity index (χ1) is 15.1. The highest BCUT2D eigenvalue weighted by Crippen LogP contribution is 2.46. The molecular formula is C22H19BrClF3N4O. The Kier molecular flexibility index (Phi) is 6.22. The molecule has 10 heteroatoms. The highest BCUT2D eigenvalue weighted by molar-refractivity contribution is 9.10. The topological polar surface area (TPSA) is 59.0 Å². The average molecular weight is 528 g/mol.